The Balaban J connectivity index is 2.00. The maximum atomic E-state index is 10.9. The van der Waals surface area contributed by atoms with Crippen LogP contribution < -0.4 is 4.74 Å². The van der Waals surface area contributed by atoms with Gasteiger partial charge < -0.3 is 14.9 Å². The lowest BCUT2D eigenvalue weighted by atomic mass is 9.98. The zero-order chi connectivity index (χ0) is 23.2. The number of unbranched alkanes of at least 4 members (excludes halogenated alkanes) is 6. The molecule has 0 aliphatic heterocycles. The van der Waals surface area contributed by atoms with E-state index in [4.69, 9.17) is 14.9 Å². The highest BCUT2D eigenvalue weighted by Gasteiger charge is 2.09. The lowest BCUT2D eigenvalue weighted by Gasteiger charge is -2.14. The third-order valence-electron chi connectivity index (χ3n) is 5.55. The largest absolute Gasteiger partial charge is 0.493 e. The molecule has 0 saturated heterocycles. The van der Waals surface area contributed by atoms with Crippen LogP contribution in [0.4, 0.5) is 0 Å². The Morgan fingerprint density at radius 3 is 2.09 bits per heavy atom. The molecule has 0 amide bonds. The fourth-order valence-electron chi connectivity index (χ4n) is 3.76. The van der Waals surface area contributed by atoms with Gasteiger partial charge in [0.05, 0.1) is 13.0 Å². The van der Waals surface area contributed by atoms with Crippen LogP contribution in [0.1, 0.15) is 75.8 Å². The second kappa shape index (κ2) is 14.3. The number of hydrogen-bond acceptors (Lipinski definition) is 3. The lowest BCUT2D eigenvalue weighted by molar-refractivity contribution is -0.137. The first-order valence-corrected chi connectivity index (χ1v) is 11.8. The molecule has 0 atom stereocenters. The molecule has 0 bridgehead atoms. The Labute approximate surface area is 191 Å². The first-order valence-electron chi connectivity index (χ1n) is 11.8. The summed E-state index contributed by atoms with van der Waals surface area (Å²) in [5.41, 5.74) is 3.79. The molecule has 0 spiro atoms. The molecule has 2 rings (SSSR count). The highest BCUT2D eigenvalue weighted by atomic mass is 16.5. The van der Waals surface area contributed by atoms with Gasteiger partial charge in [0.15, 0.2) is 0 Å². The van der Waals surface area contributed by atoms with Crippen molar-refractivity contribution in [1.82, 2.24) is 0 Å². The molecule has 2 N–H and O–H groups in total. The van der Waals surface area contributed by atoms with Crippen molar-refractivity contribution < 1.29 is 24.5 Å². The van der Waals surface area contributed by atoms with Gasteiger partial charge >= 0.3 is 11.9 Å². The molecule has 2 aromatic rings. The van der Waals surface area contributed by atoms with Gasteiger partial charge in [-0.15, -0.1) is 0 Å². The minimum atomic E-state index is -0.846. The van der Waals surface area contributed by atoms with E-state index in [0.717, 1.165) is 34.4 Å². The summed E-state index contributed by atoms with van der Waals surface area (Å²) in [6, 6.07) is 13.6. The summed E-state index contributed by atoms with van der Waals surface area (Å²) >= 11 is 0. The van der Waals surface area contributed by atoms with Gasteiger partial charge in [-0.05, 0) is 53.6 Å². The Hall–Kier alpha value is -2.82. The van der Waals surface area contributed by atoms with Gasteiger partial charge in [-0.2, -0.15) is 0 Å². The molecule has 0 aromatic heterocycles. The summed E-state index contributed by atoms with van der Waals surface area (Å²) in [4.78, 5) is 21.8. The number of hydrogen-bond donors (Lipinski definition) is 2. The maximum Gasteiger partial charge on any atom is 0.307 e. The summed E-state index contributed by atoms with van der Waals surface area (Å²) in [5, 5.41) is 17.9. The first kappa shape index (κ1) is 25.4. The Kier molecular flexibility index (Phi) is 11.4. The van der Waals surface area contributed by atoms with E-state index in [9.17, 15) is 9.59 Å². The van der Waals surface area contributed by atoms with E-state index in [1.807, 2.05) is 36.4 Å². The van der Waals surface area contributed by atoms with Gasteiger partial charge in [-0.1, -0.05) is 75.8 Å². The average Bonchev–Trinajstić information content (AvgIpc) is 2.76. The number of aryl methyl sites for hydroxylation is 1. The number of aliphatic carboxylic acids is 2. The van der Waals surface area contributed by atoms with Crippen molar-refractivity contribution in [3.63, 3.8) is 0 Å². The van der Waals surface area contributed by atoms with Gasteiger partial charge in [-0.3, -0.25) is 9.59 Å². The third kappa shape index (κ3) is 9.54. The maximum absolute atomic E-state index is 10.9. The Bertz CT molecular complexity index is 842. The number of carboxylic acids is 2. The van der Waals surface area contributed by atoms with Crippen LogP contribution in [0, 0.1) is 0 Å². The smallest absolute Gasteiger partial charge is 0.307 e. The topological polar surface area (TPSA) is 83.8 Å². The highest BCUT2D eigenvalue weighted by Crippen LogP contribution is 2.29. The van der Waals surface area contributed by atoms with Gasteiger partial charge in [0.25, 0.3) is 0 Å². The number of rotatable bonds is 16. The van der Waals surface area contributed by atoms with Crippen molar-refractivity contribution in [3.8, 4) is 16.9 Å². The van der Waals surface area contributed by atoms with Crippen LogP contribution in [0.2, 0.25) is 0 Å². The predicted molar refractivity (Wildman–Crippen MR) is 127 cm³/mol. The SMILES string of the molecule is CCCCCCCCCOc1ccc(-c2ccc(CC(=O)O)cc2)cc1CCCC(=O)O. The number of carbonyl (C=O) groups is 2. The van der Waals surface area contributed by atoms with Crippen LogP contribution in [0.25, 0.3) is 11.1 Å². The molecule has 0 unspecified atom stereocenters. The van der Waals surface area contributed by atoms with Crippen LogP contribution >= 0.6 is 0 Å². The zero-order valence-electron chi connectivity index (χ0n) is 19.1. The highest BCUT2D eigenvalue weighted by molar-refractivity contribution is 5.71. The summed E-state index contributed by atoms with van der Waals surface area (Å²) in [6.07, 6.45) is 9.93. The molecule has 0 aliphatic rings. The fraction of sp³-hybridized carbons (Fsp3) is 0.481. The van der Waals surface area contributed by atoms with E-state index in [1.54, 1.807) is 0 Å². The minimum Gasteiger partial charge on any atom is -0.493 e. The molecule has 0 saturated carbocycles. The molecule has 174 valence electrons. The van der Waals surface area contributed by atoms with Gasteiger partial charge in [0, 0.05) is 6.42 Å². The fourth-order valence-corrected chi connectivity index (χ4v) is 3.76. The summed E-state index contributed by atoms with van der Waals surface area (Å²) in [6.45, 7) is 2.89. The summed E-state index contributed by atoms with van der Waals surface area (Å²) in [7, 11) is 0. The van der Waals surface area contributed by atoms with Crippen LogP contribution in [0.5, 0.6) is 5.75 Å². The molecule has 0 radical (unpaired) electrons. The molecular weight excluding hydrogens is 404 g/mol. The molecule has 2 aromatic carbocycles. The zero-order valence-corrected chi connectivity index (χ0v) is 19.1. The van der Waals surface area contributed by atoms with E-state index in [0.29, 0.717) is 19.4 Å². The van der Waals surface area contributed by atoms with E-state index >= 15 is 0 Å². The monoisotopic (exact) mass is 440 g/mol. The van der Waals surface area contributed by atoms with E-state index in [-0.39, 0.29) is 12.8 Å². The average molecular weight is 441 g/mol. The third-order valence-corrected chi connectivity index (χ3v) is 5.55. The van der Waals surface area contributed by atoms with Crippen molar-refractivity contribution in [1.29, 1.82) is 0 Å². The number of benzene rings is 2. The van der Waals surface area contributed by atoms with E-state index in [2.05, 4.69) is 13.0 Å². The summed E-state index contributed by atoms with van der Waals surface area (Å²) in [5.74, 6) is -0.811. The Morgan fingerprint density at radius 2 is 1.44 bits per heavy atom. The lowest BCUT2D eigenvalue weighted by Crippen LogP contribution is -2.02. The van der Waals surface area contributed by atoms with Gasteiger partial charge in [0.1, 0.15) is 5.75 Å². The minimum absolute atomic E-state index is 0.00605. The van der Waals surface area contributed by atoms with E-state index < -0.39 is 11.9 Å². The van der Waals surface area contributed by atoms with Gasteiger partial charge in [0.2, 0.25) is 0 Å². The van der Waals surface area contributed by atoms with Crippen molar-refractivity contribution >= 4 is 11.9 Å². The molecule has 5 nitrogen and oxygen atoms in total. The van der Waals surface area contributed by atoms with Crippen molar-refractivity contribution in [2.24, 2.45) is 0 Å². The second-order valence-corrected chi connectivity index (χ2v) is 8.31. The molecular formula is C27H36O5. The molecule has 5 heteroatoms. The van der Waals surface area contributed by atoms with Crippen LogP contribution in [0.15, 0.2) is 42.5 Å². The molecule has 0 heterocycles. The van der Waals surface area contributed by atoms with Gasteiger partial charge in [-0.25, -0.2) is 0 Å². The van der Waals surface area contributed by atoms with Crippen molar-refractivity contribution in [2.45, 2.75) is 77.6 Å². The van der Waals surface area contributed by atoms with Crippen molar-refractivity contribution in [3.05, 3.63) is 53.6 Å². The normalized spacial score (nSPS) is 10.8. The molecule has 0 fully saturated rings. The number of carboxylic acid groups (broad SMARTS) is 2. The van der Waals surface area contributed by atoms with Crippen LogP contribution in [0.3, 0.4) is 0 Å². The first-order chi connectivity index (χ1) is 15.5. The van der Waals surface area contributed by atoms with Crippen molar-refractivity contribution in [2.75, 3.05) is 6.61 Å². The quantitative estimate of drug-likeness (QED) is 0.290. The Morgan fingerprint density at radius 1 is 0.781 bits per heavy atom. The number of ether oxygens (including phenoxy) is 1. The van der Waals surface area contributed by atoms with Crippen LogP contribution in [-0.4, -0.2) is 28.8 Å². The summed E-state index contributed by atoms with van der Waals surface area (Å²) < 4.78 is 6.06. The predicted octanol–water partition coefficient (Wildman–Crippen LogP) is 6.52. The molecule has 32 heavy (non-hydrogen) atoms. The second-order valence-electron chi connectivity index (χ2n) is 8.31. The molecule has 0 aliphatic carbocycles. The standard InChI is InChI=1S/C27H36O5/c1-2-3-4-5-6-7-8-18-32-25-17-16-23(20-24(25)10-9-11-26(28)29)22-14-12-21(13-15-22)19-27(30)31/h12-17,20H,2-11,18-19H2,1H3,(H,28,29)(H,30,31). The van der Waals surface area contributed by atoms with E-state index in [1.165, 1.54) is 38.5 Å². The van der Waals surface area contributed by atoms with Crippen LogP contribution in [-0.2, 0) is 22.4 Å².